The molecular formula is C19H26N4O3S. The highest BCUT2D eigenvalue weighted by Gasteiger charge is 2.27. The second kappa shape index (κ2) is 9.03. The van der Waals surface area contributed by atoms with Gasteiger partial charge in [-0.3, -0.25) is 19.5 Å². The monoisotopic (exact) mass is 390 g/mol. The summed E-state index contributed by atoms with van der Waals surface area (Å²) in [5.41, 5.74) is 5.55. The topological polar surface area (TPSA) is 107 Å². The average molecular weight is 391 g/mol. The molecule has 0 bridgehead atoms. The molecule has 7 nitrogen and oxygen atoms in total. The number of thioether (sulfide) groups is 1. The first-order chi connectivity index (χ1) is 12.7. The maximum Gasteiger partial charge on any atom is 0.318 e. The Balaban J connectivity index is 2.50. The van der Waals surface area contributed by atoms with Gasteiger partial charge in [-0.05, 0) is 30.4 Å². The van der Waals surface area contributed by atoms with Crippen molar-refractivity contribution in [1.29, 1.82) is 0 Å². The molecule has 8 heteroatoms. The predicted octanol–water partition coefficient (Wildman–Crippen LogP) is 2.75. The lowest BCUT2D eigenvalue weighted by Gasteiger charge is -2.21. The average Bonchev–Trinajstić information content (AvgIpc) is 2.58. The number of hydrogen-bond donors (Lipinski definition) is 2. The van der Waals surface area contributed by atoms with E-state index in [0.29, 0.717) is 28.5 Å². The summed E-state index contributed by atoms with van der Waals surface area (Å²) in [6.07, 6.45) is 0.813. The summed E-state index contributed by atoms with van der Waals surface area (Å²) < 4.78 is 1.62. The second-order valence-electron chi connectivity index (χ2n) is 7.19. The van der Waals surface area contributed by atoms with Crippen LogP contribution >= 0.6 is 11.8 Å². The molecule has 0 aliphatic carbocycles. The van der Waals surface area contributed by atoms with Crippen LogP contribution in [0.15, 0.2) is 34.2 Å². The van der Waals surface area contributed by atoms with Crippen molar-refractivity contribution < 1.29 is 9.59 Å². The molecule has 146 valence electrons. The van der Waals surface area contributed by atoms with Gasteiger partial charge in [0.1, 0.15) is 0 Å². The van der Waals surface area contributed by atoms with E-state index in [9.17, 15) is 14.4 Å². The highest BCUT2D eigenvalue weighted by atomic mass is 32.2. The Hall–Kier alpha value is -2.35. The van der Waals surface area contributed by atoms with Crippen LogP contribution < -0.4 is 16.6 Å². The predicted molar refractivity (Wildman–Crippen MR) is 108 cm³/mol. The molecule has 0 fully saturated rings. The lowest BCUT2D eigenvalue weighted by Crippen LogP contribution is -2.42. The maximum absolute atomic E-state index is 13.0. The molecule has 0 unspecified atom stereocenters. The molecule has 1 aromatic heterocycles. The Morgan fingerprint density at radius 1 is 1.22 bits per heavy atom. The Morgan fingerprint density at radius 3 is 2.48 bits per heavy atom. The highest BCUT2D eigenvalue weighted by molar-refractivity contribution is 8.00. The first kappa shape index (κ1) is 21.0. The van der Waals surface area contributed by atoms with Crippen LogP contribution in [0.3, 0.4) is 0 Å². The van der Waals surface area contributed by atoms with Gasteiger partial charge in [0.15, 0.2) is 5.16 Å². The molecule has 0 spiro atoms. The van der Waals surface area contributed by atoms with Crippen LogP contribution in [0.25, 0.3) is 10.9 Å². The zero-order chi connectivity index (χ0) is 20.1. The van der Waals surface area contributed by atoms with Gasteiger partial charge in [-0.25, -0.2) is 9.78 Å². The van der Waals surface area contributed by atoms with E-state index < -0.39 is 17.2 Å². The first-order valence-corrected chi connectivity index (χ1v) is 9.85. The van der Waals surface area contributed by atoms with Gasteiger partial charge in [0.2, 0.25) is 5.91 Å². The third kappa shape index (κ3) is 5.32. The zero-order valence-corrected chi connectivity index (χ0v) is 16.9. The molecular weight excluding hydrogens is 364 g/mol. The number of amides is 3. The molecule has 0 radical (unpaired) electrons. The van der Waals surface area contributed by atoms with E-state index in [0.717, 1.165) is 6.42 Å². The number of carbonyl (C=O) groups excluding carboxylic acids is 2. The fourth-order valence-corrected chi connectivity index (χ4v) is 3.74. The van der Waals surface area contributed by atoms with Crippen LogP contribution in [-0.4, -0.2) is 26.7 Å². The summed E-state index contributed by atoms with van der Waals surface area (Å²) in [7, 11) is 0. The summed E-state index contributed by atoms with van der Waals surface area (Å²) in [5.74, 6) is -0.156. The van der Waals surface area contributed by atoms with Crippen molar-refractivity contribution in [3.05, 3.63) is 34.6 Å². The van der Waals surface area contributed by atoms with Gasteiger partial charge in [0.05, 0.1) is 16.2 Å². The number of imide groups is 1. The highest BCUT2D eigenvalue weighted by Crippen LogP contribution is 2.28. The standard InChI is InChI=1S/C19H26N4O3S/c1-11(2)9-10-23-17(25)13-7-5-6-8-14(13)21-19(23)27-15(12(3)4)16(24)22-18(20)26/h5-8,11-12,15H,9-10H2,1-4H3,(H3,20,22,24,26)/t15-/m0/s1. The molecule has 27 heavy (non-hydrogen) atoms. The van der Waals surface area contributed by atoms with Gasteiger partial charge in [-0.15, -0.1) is 0 Å². The molecule has 0 aliphatic heterocycles. The van der Waals surface area contributed by atoms with E-state index in [1.54, 1.807) is 16.7 Å². The summed E-state index contributed by atoms with van der Waals surface area (Å²) in [4.78, 5) is 41.1. The summed E-state index contributed by atoms with van der Waals surface area (Å²) in [5, 5.41) is 2.55. The summed E-state index contributed by atoms with van der Waals surface area (Å²) >= 11 is 1.19. The van der Waals surface area contributed by atoms with Crippen molar-refractivity contribution in [2.75, 3.05) is 0 Å². The molecule has 2 rings (SSSR count). The maximum atomic E-state index is 13.0. The van der Waals surface area contributed by atoms with Crippen LogP contribution in [0.2, 0.25) is 0 Å². The number of nitrogens with one attached hydrogen (secondary N) is 1. The van der Waals surface area contributed by atoms with E-state index in [1.165, 1.54) is 11.8 Å². The molecule has 1 atom stereocenters. The van der Waals surface area contributed by atoms with Gasteiger partial charge in [-0.1, -0.05) is 51.6 Å². The molecule has 0 aliphatic rings. The number of primary amides is 1. The van der Waals surface area contributed by atoms with Gasteiger partial charge >= 0.3 is 6.03 Å². The SMILES string of the molecule is CC(C)CCn1c(S[C@H](C(=O)NC(N)=O)C(C)C)nc2ccccc2c1=O. The van der Waals surface area contributed by atoms with Gasteiger partial charge in [-0.2, -0.15) is 0 Å². The number of benzene rings is 1. The third-order valence-corrected chi connectivity index (χ3v) is 5.63. The minimum atomic E-state index is -0.894. The smallest absolute Gasteiger partial charge is 0.318 e. The fourth-order valence-electron chi connectivity index (χ4n) is 2.62. The van der Waals surface area contributed by atoms with Crippen LogP contribution in [0.1, 0.15) is 34.1 Å². The number of aromatic nitrogens is 2. The lowest BCUT2D eigenvalue weighted by atomic mass is 10.1. The van der Waals surface area contributed by atoms with Crippen LogP contribution in [-0.2, 0) is 11.3 Å². The van der Waals surface area contributed by atoms with Gasteiger partial charge in [0.25, 0.3) is 5.56 Å². The number of para-hydroxylation sites is 1. The molecule has 3 amide bonds. The van der Waals surface area contributed by atoms with Crippen LogP contribution in [0.4, 0.5) is 4.79 Å². The molecule has 1 aromatic carbocycles. The van der Waals surface area contributed by atoms with E-state index in [-0.39, 0.29) is 11.5 Å². The Bertz CT molecular complexity index is 892. The van der Waals surface area contributed by atoms with Crippen molar-refractivity contribution in [2.45, 2.75) is 51.1 Å². The quantitative estimate of drug-likeness (QED) is 0.558. The Morgan fingerprint density at radius 2 is 1.89 bits per heavy atom. The van der Waals surface area contributed by atoms with Crippen molar-refractivity contribution in [2.24, 2.45) is 17.6 Å². The zero-order valence-electron chi connectivity index (χ0n) is 16.1. The number of carbonyl (C=O) groups is 2. The van der Waals surface area contributed by atoms with Gasteiger partial charge in [0, 0.05) is 6.54 Å². The van der Waals surface area contributed by atoms with Crippen LogP contribution in [0.5, 0.6) is 0 Å². The Labute approximate surface area is 162 Å². The Kier molecular flexibility index (Phi) is 7.01. The first-order valence-electron chi connectivity index (χ1n) is 8.97. The van der Waals surface area contributed by atoms with Crippen molar-refractivity contribution in [3.63, 3.8) is 0 Å². The van der Waals surface area contributed by atoms with Crippen molar-refractivity contribution >= 4 is 34.6 Å². The fraction of sp³-hybridized carbons (Fsp3) is 0.474. The molecule has 1 heterocycles. The molecule has 3 N–H and O–H groups in total. The van der Waals surface area contributed by atoms with E-state index in [1.807, 2.05) is 26.0 Å². The number of rotatable bonds is 7. The van der Waals surface area contributed by atoms with E-state index in [2.05, 4.69) is 24.1 Å². The van der Waals surface area contributed by atoms with Crippen molar-refractivity contribution in [3.8, 4) is 0 Å². The van der Waals surface area contributed by atoms with E-state index >= 15 is 0 Å². The number of nitrogens with two attached hydrogens (primary N) is 1. The minimum Gasteiger partial charge on any atom is -0.351 e. The van der Waals surface area contributed by atoms with Crippen LogP contribution in [0, 0.1) is 11.8 Å². The number of fused-ring (bicyclic) bond motifs is 1. The number of hydrogen-bond acceptors (Lipinski definition) is 5. The molecule has 0 saturated heterocycles. The molecule has 0 saturated carbocycles. The lowest BCUT2D eigenvalue weighted by molar-refractivity contribution is -0.120. The van der Waals surface area contributed by atoms with Crippen molar-refractivity contribution in [1.82, 2.24) is 14.9 Å². The van der Waals surface area contributed by atoms with Gasteiger partial charge < -0.3 is 5.73 Å². The largest absolute Gasteiger partial charge is 0.351 e. The van der Waals surface area contributed by atoms with E-state index in [4.69, 9.17) is 5.73 Å². The summed E-state index contributed by atoms with van der Waals surface area (Å²) in [6, 6.07) is 6.27. The number of nitrogens with zero attached hydrogens (tertiary/aromatic N) is 2. The number of urea groups is 1. The minimum absolute atomic E-state index is 0.0868. The molecule has 2 aromatic rings. The third-order valence-electron chi connectivity index (χ3n) is 4.10. The second-order valence-corrected chi connectivity index (χ2v) is 8.30. The normalized spacial score (nSPS) is 12.5. The summed E-state index contributed by atoms with van der Waals surface area (Å²) in [6.45, 7) is 8.43.